The number of carbonyl (C=O) groups is 1. The first-order valence-electron chi connectivity index (χ1n) is 4.90. The van der Waals surface area contributed by atoms with Crippen molar-refractivity contribution in [2.24, 2.45) is 0 Å². The lowest BCUT2D eigenvalue weighted by Gasteiger charge is -2.20. The van der Waals surface area contributed by atoms with E-state index in [2.05, 4.69) is 4.98 Å². The maximum absolute atomic E-state index is 10.3. The van der Waals surface area contributed by atoms with E-state index < -0.39 is 0 Å². The third-order valence-corrected chi connectivity index (χ3v) is 3.42. The lowest BCUT2D eigenvalue weighted by molar-refractivity contribution is -0.107. The second-order valence-electron chi connectivity index (χ2n) is 3.39. The van der Waals surface area contributed by atoms with Crippen LogP contribution in [0.25, 0.3) is 0 Å². The molecule has 0 amide bonds. The molecule has 1 aliphatic rings. The van der Waals surface area contributed by atoms with Crippen molar-refractivity contribution in [2.75, 3.05) is 6.61 Å². The Morgan fingerprint density at radius 3 is 3.29 bits per heavy atom. The van der Waals surface area contributed by atoms with Crippen LogP contribution in [0.3, 0.4) is 0 Å². The van der Waals surface area contributed by atoms with Crippen molar-refractivity contribution in [1.82, 2.24) is 4.98 Å². The number of thiazole rings is 1. The van der Waals surface area contributed by atoms with E-state index in [1.165, 1.54) is 6.42 Å². The van der Waals surface area contributed by atoms with Crippen molar-refractivity contribution in [1.29, 1.82) is 0 Å². The van der Waals surface area contributed by atoms with Gasteiger partial charge in [-0.2, -0.15) is 0 Å². The van der Waals surface area contributed by atoms with Crippen LogP contribution in [0.2, 0.25) is 0 Å². The van der Waals surface area contributed by atoms with Crippen LogP contribution in [0.15, 0.2) is 6.20 Å². The van der Waals surface area contributed by atoms with E-state index >= 15 is 0 Å². The first-order chi connectivity index (χ1) is 6.90. The minimum atomic E-state index is 0.175. The minimum absolute atomic E-state index is 0.175. The number of hydrogen-bond donors (Lipinski definition) is 0. The molecule has 2 rings (SSSR count). The molecule has 76 valence electrons. The van der Waals surface area contributed by atoms with Crippen molar-refractivity contribution < 1.29 is 9.53 Å². The highest BCUT2D eigenvalue weighted by Crippen LogP contribution is 2.30. The zero-order valence-corrected chi connectivity index (χ0v) is 8.76. The van der Waals surface area contributed by atoms with Crippen LogP contribution in [-0.4, -0.2) is 17.9 Å². The Hall–Kier alpha value is -0.740. The zero-order valence-electron chi connectivity index (χ0n) is 7.94. The van der Waals surface area contributed by atoms with Gasteiger partial charge in [0.05, 0.1) is 0 Å². The van der Waals surface area contributed by atoms with Gasteiger partial charge in [-0.15, -0.1) is 11.3 Å². The van der Waals surface area contributed by atoms with Gasteiger partial charge < -0.3 is 9.53 Å². The SMILES string of the molecule is O=CCc1cnc(C2CCCCO2)s1. The van der Waals surface area contributed by atoms with Crippen LogP contribution in [-0.2, 0) is 16.0 Å². The summed E-state index contributed by atoms with van der Waals surface area (Å²) in [6.45, 7) is 0.841. The molecule has 1 aliphatic heterocycles. The van der Waals surface area contributed by atoms with E-state index in [0.717, 1.165) is 35.6 Å². The molecular weight excluding hydrogens is 198 g/mol. The molecule has 1 fully saturated rings. The molecule has 3 nitrogen and oxygen atoms in total. The van der Waals surface area contributed by atoms with Gasteiger partial charge in [0.25, 0.3) is 0 Å². The zero-order chi connectivity index (χ0) is 9.80. The number of ether oxygens (including phenoxy) is 1. The molecule has 14 heavy (non-hydrogen) atoms. The average molecular weight is 211 g/mol. The Kier molecular flexibility index (Phi) is 3.26. The topological polar surface area (TPSA) is 39.2 Å². The van der Waals surface area contributed by atoms with Gasteiger partial charge in [0, 0.05) is 24.1 Å². The molecule has 2 heterocycles. The van der Waals surface area contributed by atoms with Gasteiger partial charge in [-0.1, -0.05) is 0 Å². The fourth-order valence-corrected chi connectivity index (χ4v) is 2.53. The van der Waals surface area contributed by atoms with Crippen LogP contribution in [0.4, 0.5) is 0 Å². The maximum Gasteiger partial charge on any atom is 0.125 e. The summed E-state index contributed by atoms with van der Waals surface area (Å²) >= 11 is 1.60. The summed E-state index contributed by atoms with van der Waals surface area (Å²) in [6.07, 6.45) is 6.79. The molecule has 0 bridgehead atoms. The standard InChI is InChI=1S/C10H13NO2S/c12-5-4-8-7-11-10(14-8)9-3-1-2-6-13-9/h5,7,9H,1-4,6H2. The number of aromatic nitrogens is 1. The molecule has 0 radical (unpaired) electrons. The molecule has 0 aliphatic carbocycles. The number of carbonyl (C=O) groups excluding carboxylic acids is 1. The lowest BCUT2D eigenvalue weighted by Crippen LogP contribution is -2.10. The number of aldehydes is 1. The van der Waals surface area contributed by atoms with Crippen molar-refractivity contribution in [2.45, 2.75) is 31.8 Å². The van der Waals surface area contributed by atoms with Crippen molar-refractivity contribution >= 4 is 17.6 Å². The average Bonchev–Trinajstić information content (AvgIpc) is 2.68. The van der Waals surface area contributed by atoms with Crippen LogP contribution in [0.1, 0.15) is 35.3 Å². The van der Waals surface area contributed by atoms with Gasteiger partial charge in [0.1, 0.15) is 17.4 Å². The van der Waals surface area contributed by atoms with Gasteiger partial charge >= 0.3 is 0 Å². The van der Waals surface area contributed by atoms with Crippen molar-refractivity contribution in [3.05, 3.63) is 16.1 Å². The summed E-state index contributed by atoms with van der Waals surface area (Å²) in [5.41, 5.74) is 0. The molecule has 4 heteroatoms. The van der Waals surface area contributed by atoms with Gasteiger partial charge in [-0.25, -0.2) is 4.98 Å². The van der Waals surface area contributed by atoms with Crippen molar-refractivity contribution in [3.8, 4) is 0 Å². The van der Waals surface area contributed by atoms with E-state index in [0.29, 0.717) is 6.42 Å². The van der Waals surface area contributed by atoms with Gasteiger partial charge in [0.2, 0.25) is 0 Å². The molecule has 1 atom stereocenters. The second kappa shape index (κ2) is 4.66. The lowest BCUT2D eigenvalue weighted by atomic mass is 10.1. The first-order valence-corrected chi connectivity index (χ1v) is 5.71. The summed E-state index contributed by atoms with van der Waals surface area (Å²) in [5, 5.41) is 1.03. The molecule has 0 N–H and O–H groups in total. The Bertz CT molecular complexity index is 305. The summed E-state index contributed by atoms with van der Waals surface area (Å²) in [4.78, 5) is 15.6. The molecule has 1 aromatic rings. The molecule has 0 spiro atoms. The summed E-state index contributed by atoms with van der Waals surface area (Å²) in [6, 6.07) is 0. The van der Waals surface area contributed by atoms with Crippen LogP contribution < -0.4 is 0 Å². The summed E-state index contributed by atoms with van der Waals surface area (Å²) in [5.74, 6) is 0. The van der Waals surface area contributed by atoms with Crippen LogP contribution in [0.5, 0.6) is 0 Å². The fourth-order valence-electron chi connectivity index (χ4n) is 1.58. The number of hydrogen-bond acceptors (Lipinski definition) is 4. The normalized spacial score (nSPS) is 22.1. The predicted octanol–water partition coefficient (Wildman–Crippen LogP) is 2.13. The summed E-state index contributed by atoms with van der Waals surface area (Å²) in [7, 11) is 0. The monoisotopic (exact) mass is 211 g/mol. The highest BCUT2D eigenvalue weighted by atomic mass is 32.1. The van der Waals surface area contributed by atoms with E-state index in [1.54, 1.807) is 17.5 Å². The van der Waals surface area contributed by atoms with Crippen LogP contribution >= 0.6 is 11.3 Å². The molecular formula is C10H13NO2S. The van der Waals surface area contributed by atoms with E-state index in [1.807, 2.05) is 0 Å². The van der Waals surface area contributed by atoms with Crippen molar-refractivity contribution in [3.63, 3.8) is 0 Å². The van der Waals surface area contributed by atoms with Crippen LogP contribution in [0, 0.1) is 0 Å². The molecule has 1 aromatic heterocycles. The Balaban J connectivity index is 2.03. The highest BCUT2D eigenvalue weighted by molar-refractivity contribution is 7.11. The second-order valence-corrected chi connectivity index (χ2v) is 4.54. The Morgan fingerprint density at radius 2 is 2.57 bits per heavy atom. The van der Waals surface area contributed by atoms with Gasteiger partial charge in [-0.3, -0.25) is 0 Å². The maximum atomic E-state index is 10.3. The minimum Gasteiger partial charge on any atom is -0.371 e. The molecule has 1 unspecified atom stereocenters. The van der Waals surface area contributed by atoms with E-state index in [-0.39, 0.29) is 6.10 Å². The third-order valence-electron chi connectivity index (χ3n) is 2.31. The number of rotatable bonds is 3. The quantitative estimate of drug-likeness (QED) is 0.719. The first kappa shape index (κ1) is 9.80. The third kappa shape index (κ3) is 2.19. The Labute approximate surface area is 87.1 Å². The molecule has 1 saturated heterocycles. The summed E-state index contributed by atoms with van der Waals surface area (Å²) < 4.78 is 5.62. The highest BCUT2D eigenvalue weighted by Gasteiger charge is 2.18. The van der Waals surface area contributed by atoms with Gasteiger partial charge in [-0.05, 0) is 19.3 Å². The predicted molar refractivity (Wildman–Crippen MR) is 54.4 cm³/mol. The number of nitrogens with zero attached hydrogens (tertiary/aromatic N) is 1. The largest absolute Gasteiger partial charge is 0.371 e. The van der Waals surface area contributed by atoms with Gasteiger partial charge in [0.15, 0.2) is 0 Å². The fraction of sp³-hybridized carbons (Fsp3) is 0.600. The molecule has 0 aromatic carbocycles. The molecule has 0 saturated carbocycles. The smallest absolute Gasteiger partial charge is 0.125 e. The van der Waals surface area contributed by atoms with E-state index in [4.69, 9.17) is 4.74 Å². The van der Waals surface area contributed by atoms with E-state index in [9.17, 15) is 4.79 Å². The Morgan fingerprint density at radius 1 is 1.64 bits per heavy atom.